The molecule has 0 unspecified atom stereocenters. The van der Waals surface area contributed by atoms with Crippen molar-refractivity contribution in [2.45, 2.75) is 57.7 Å². The zero-order valence-corrected chi connectivity index (χ0v) is 15.8. The maximum absolute atomic E-state index is 12.6. The number of hydrogen-bond donors (Lipinski definition) is 0. The van der Waals surface area contributed by atoms with E-state index in [4.69, 9.17) is 8.43 Å². The Bertz CT molecular complexity index is 392. The second-order valence-electron chi connectivity index (χ2n) is 6.42. The Morgan fingerprint density at radius 3 is 1.23 bits per heavy atom. The smallest absolute Gasteiger partial charge is 0.331 e. The van der Waals surface area contributed by atoms with E-state index in [0.717, 1.165) is 0 Å². The zero-order valence-electron chi connectivity index (χ0n) is 12.9. The minimum absolute atomic E-state index is 1.44. The Balaban J connectivity index is 5.66. The van der Waals surface area contributed by atoms with Gasteiger partial charge in [-0.15, -0.1) is 0 Å². The van der Waals surface area contributed by atoms with Gasteiger partial charge in [-0.1, -0.05) is 0 Å². The molecular formula is C9H19F6O4PSi2. The molecule has 0 fully saturated rings. The molecular weight excluding hydrogens is 373 g/mol. The maximum Gasteiger partial charge on any atom is 0.456 e. The van der Waals surface area contributed by atoms with Crippen LogP contribution in [-0.4, -0.2) is 35.1 Å². The first kappa shape index (κ1) is 22.1. The molecule has 0 aliphatic rings. The van der Waals surface area contributed by atoms with Gasteiger partial charge in [0.25, 0.3) is 6.10 Å². The average molecular weight is 392 g/mol. The lowest BCUT2D eigenvalue weighted by Gasteiger charge is -2.33. The summed E-state index contributed by atoms with van der Waals surface area (Å²) in [7, 11) is -10.6. The van der Waals surface area contributed by atoms with Crippen molar-refractivity contribution in [1.82, 2.24) is 0 Å². The molecule has 0 saturated heterocycles. The number of hydrogen-bond acceptors (Lipinski definition) is 4. The van der Waals surface area contributed by atoms with E-state index >= 15 is 0 Å². The SMILES string of the molecule is C[Si](C)(C)OP(=O)(OC(C(F)(F)F)C(F)(F)F)O[Si](C)(C)C. The minimum atomic E-state index is -5.79. The van der Waals surface area contributed by atoms with Crippen LogP contribution in [0.5, 0.6) is 0 Å². The van der Waals surface area contributed by atoms with E-state index in [9.17, 15) is 30.9 Å². The second-order valence-corrected chi connectivity index (χ2v) is 17.4. The molecule has 4 nitrogen and oxygen atoms in total. The molecule has 0 aliphatic heterocycles. The lowest BCUT2D eigenvalue weighted by Crippen LogP contribution is -2.45. The monoisotopic (exact) mass is 392 g/mol. The van der Waals surface area contributed by atoms with Gasteiger partial charge in [0.05, 0.1) is 0 Å². The van der Waals surface area contributed by atoms with Gasteiger partial charge < -0.3 is 8.43 Å². The van der Waals surface area contributed by atoms with Crippen LogP contribution in [-0.2, 0) is 17.5 Å². The quantitative estimate of drug-likeness (QED) is 0.349. The van der Waals surface area contributed by atoms with Crippen LogP contribution in [0.15, 0.2) is 0 Å². The van der Waals surface area contributed by atoms with E-state index in [-0.39, 0.29) is 0 Å². The van der Waals surface area contributed by atoms with Crippen molar-refractivity contribution in [2.75, 3.05) is 0 Å². The third kappa shape index (κ3) is 8.68. The number of phosphoric acid groups is 1. The molecule has 0 aliphatic carbocycles. The van der Waals surface area contributed by atoms with Crippen molar-refractivity contribution in [2.24, 2.45) is 0 Å². The maximum atomic E-state index is 12.6. The Kier molecular flexibility index (Phi) is 6.59. The van der Waals surface area contributed by atoms with Crippen LogP contribution in [0.4, 0.5) is 26.3 Å². The van der Waals surface area contributed by atoms with Gasteiger partial charge >= 0.3 is 20.2 Å². The van der Waals surface area contributed by atoms with Crippen LogP contribution >= 0.6 is 7.82 Å². The highest BCUT2D eigenvalue weighted by Crippen LogP contribution is 2.58. The predicted octanol–water partition coefficient (Wildman–Crippen LogP) is 5.31. The first-order valence-corrected chi connectivity index (χ1v) is 14.4. The molecule has 13 heteroatoms. The second kappa shape index (κ2) is 6.56. The van der Waals surface area contributed by atoms with E-state index in [2.05, 4.69) is 4.52 Å². The molecule has 0 atom stereocenters. The normalized spacial score (nSPS) is 15.5. The van der Waals surface area contributed by atoms with Crippen molar-refractivity contribution in [3.05, 3.63) is 0 Å². The third-order valence-corrected chi connectivity index (χ3v) is 8.24. The molecule has 134 valence electrons. The summed E-state index contributed by atoms with van der Waals surface area (Å²) in [6.07, 6.45) is -15.8. The van der Waals surface area contributed by atoms with Gasteiger partial charge in [0.15, 0.2) is 16.6 Å². The van der Waals surface area contributed by atoms with Crippen molar-refractivity contribution in [3.63, 3.8) is 0 Å². The number of halogens is 6. The molecule has 0 amide bonds. The largest absolute Gasteiger partial charge is 0.456 e. The molecule has 0 heterocycles. The van der Waals surface area contributed by atoms with Crippen LogP contribution < -0.4 is 0 Å². The van der Waals surface area contributed by atoms with E-state index in [1.807, 2.05) is 0 Å². The van der Waals surface area contributed by atoms with E-state index in [1.165, 1.54) is 39.3 Å². The van der Waals surface area contributed by atoms with Gasteiger partial charge in [-0.25, -0.2) is 4.57 Å². The van der Waals surface area contributed by atoms with Crippen LogP contribution in [0.25, 0.3) is 0 Å². The molecule has 0 N–H and O–H groups in total. The van der Waals surface area contributed by atoms with Crippen LogP contribution in [0.3, 0.4) is 0 Å². The van der Waals surface area contributed by atoms with Crippen molar-refractivity contribution in [3.8, 4) is 0 Å². The summed E-state index contributed by atoms with van der Waals surface area (Å²) in [4.78, 5) is 0. The third-order valence-electron chi connectivity index (χ3n) is 1.60. The molecule has 0 aromatic heterocycles. The van der Waals surface area contributed by atoms with Crippen LogP contribution in [0.1, 0.15) is 0 Å². The fourth-order valence-corrected chi connectivity index (χ4v) is 7.86. The molecule has 22 heavy (non-hydrogen) atoms. The molecule has 0 aromatic carbocycles. The van der Waals surface area contributed by atoms with E-state index in [1.54, 1.807) is 0 Å². The standard InChI is InChI=1S/C9H19F6O4PSi2/c1-21(2,3)18-20(16,19-22(4,5)6)17-7(8(10,11)12)9(13,14)15/h7H,1-6H3. The zero-order chi connectivity index (χ0) is 18.2. The minimum Gasteiger partial charge on any atom is -0.331 e. The number of rotatable bonds is 6. The van der Waals surface area contributed by atoms with E-state index < -0.39 is 42.9 Å². The van der Waals surface area contributed by atoms with Gasteiger partial charge in [-0.2, -0.15) is 26.3 Å². The first-order valence-electron chi connectivity index (χ1n) is 6.09. The Labute approximate surface area is 127 Å². The highest BCUT2D eigenvalue weighted by molar-refractivity contribution is 7.52. The summed E-state index contributed by atoms with van der Waals surface area (Å²) in [5.41, 5.74) is 0. The van der Waals surface area contributed by atoms with Crippen LogP contribution in [0.2, 0.25) is 39.3 Å². The Morgan fingerprint density at radius 2 is 1.05 bits per heavy atom. The van der Waals surface area contributed by atoms with Gasteiger partial charge in [0.2, 0.25) is 0 Å². The van der Waals surface area contributed by atoms with Crippen LogP contribution in [0, 0.1) is 0 Å². The molecule has 0 bridgehead atoms. The topological polar surface area (TPSA) is 44.8 Å². The van der Waals surface area contributed by atoms with Gasteiger partial charge in [-0.05, 0) is 39.3 Å². The summed E-state index contributed by atoms with van der Waals surface area (Å²) < 4.78 is 101. The molecule has 0 rings (SSSR count). The summed E-state index contributed by atoms with van der Waals surface area (Å²) in [5, 5.41) is 0. The number of alkyl halides is 6. The fraction of sp³-hybridized carbons (Fsp3) is 1.00. The average Bonchev–Trinajstić information content (AvgIpc) is 2.03. The van der Waals surface area contributed by atoms with Crippen molar-refractivity contribution in [1.29, 1.82) is 0 Å². The fourth-order valence-electron chi connectivity index (χ4n) is 1.17. The Hall–Kier alpha value is 0.124. The Morgan fingerprint density at radius 1 is 0.773 bits per heavy atom. The van der Waals surface area contributed by atoms with Gasteiger partial charge in [0, 0.05) is 0 Å². The summed E-state index contributed by atoms with van der Waals surface area (Å²) in [6.45, 7) is 8.62. The lowest BCUT2D eigenvalue weighted by atomic mass is 10.3. The molecule has 0 radical (unpaired) electrons. The molecule has 0 saturated carbocycles. The van der Waals surface area contributed by atoms with Crippen molar-refractivity contribution < 1.29 is 43.9 Å². The highest BCUT2D eigenvalue weighted by Gasteiger charge is 2.61. The summed E-state index contributed by atoms with van der Waals surface area (Å²) in [6, 6.07) is 0. The molecule has 0 aromatic rings. The van der Waals surface area contributed by atoms with Gasteiger partial charge in [0.1, 0.15) is 0 Å². The van der Waals surface area contributed by atoms with E-state index in [0.29, 0.717) is 0 Å². The molecule has 0 spiro atoms. The first-order chi connectivity index (χ1) is 9.25. The van der Waals surface area contributed by atoms with Gasteiger partial charge in [-0.3, -0.25) is 4.52 Å². The van der Waals surface area contributed by atoms with Crippen molar-refractivity contribution >= 4 is 24.5 Å². The summed E-state index contributed by atoms with van der Waals surface area (Å²) in [5.74, 6) is 0. The highest BCUT2D eigenvalue weighted by atomic mass is 31.2. The summed E-state index contributed by atoms with van der Waals surface area (Å²) >= 11 is 0. The lowest BCUT2D eigenvalue weighted by molar-refractivity contribution is -0.302. The predicted molar refractivity (Wildman–Crippen MR) is 73.5 cm³/mol.